The van der Waals surface area contributed by atoms with Crippen LogP contribution in [0.3, 0.4) is 0 Å². The number of hydrogen-bond donors (Lipinski definition) is 4. The molecule has 0 aliphatic heterocycles. The number of carbonyl (C=O) groups is 2. The lowest BCUT2D eigenvalue weighted by atomic mass is 9.99. The summed E-state index contributed by atoms with van der Waals surface area (Å²) in [5.74, 6) is -1.92. The molecule has 0 fully saturated rings. The van der Waals surface area contributed by atoms with Gasteiger partial charge in [-0.05, 0) is 53.4 Å². The molecule has 1 atom stereocenters. The van der Waals surface area contributed by atoms with Crippen molar-refractivity contribution >= 4 is 44.6 Å². The minimum Gasteiger partial charge on any atom is -0.481 e. The van der Waals surface area contributed by atoms with Crippen LogP contribution in [0.15, 0.2) is 109 Å². The molecule has 0 spiro atoms. The van der Waals surface area contributed by atoms with Crippen LogP contribution >= 0.6 is 0 Å². The van der Waals surface area contributed by atoms with Crippen LogP contribution in [-0.4, -0.2) is 50.9 Å². The van der Waals surface area contributed by atoms with Crippen LogP contribution in [0.25, 0.3) is 22.2 Å². The Labute approximate surface area is 291 Å². The van der Waals surface area contributed by atoms with E-state index in [4.69, 9.17) is 5.73 Å². The number of nitrogens with two attached hydrogens (primary N) is 1. The number of amides is 1. The third kappa shape index (κ3) is 7.36. The average molecular weight is 705 g/mol. The van der Waals surface area contributed by atoms with Crippen molar-refractivity contribution in [2.24, 2.45) is 0 Å². The van der Waals surface area contributed by atoms with Gasteiger partial charge < -0.3 is 21.5 Å². The molecule has 256 valence electrons. The monoisotopic (exact) mass is 704 g/mol. The standard InChI is InChI=1S/C36H29FN8O5S/c37-26-12-6-22(7-13-26)14-15-40-36(48)28-16-23(18-38)19-41-34(28)44-30(17-31(46)47)25-10-8-24(9-11-25)29-20-45(35-32(29)33(39)42-21-43-35)51(49,50)27-4-2-1-3-5-27/h1-13,16,19-21,30H,14-15,17H2,(H,40,48)(H,41,44)(H,46,47)(H2,39,42,43)/t30-/m1/s1. The van der Waals surface area contributed by atoms with Gasteiger partial charge in [-0.2, -0.15) is 5.26 Å². The largest absolute Gasteiger partial charge is 0.481 e. The van der Waals surface area contributed by atoms with E-state index >= 15 is 0 Å². The number of carboxylic acid groups (broad SMARTS) is 1. The van der Waals surface area contributed by atoms with E-state index in [0.29, 0.717) is 28.5 Å². The van der Waals surface area contributed by atoms with Crippen LogP contribution < -0.4 is 16.4 Å². The molecule has 3 aromatic carbocycles. The van der Waals surface area contributed by atoms with Crippen LogP contribution in [0.2, 0.25) is 0 Å². The van der Waals surface area contributed by atoms with E-state index in [1.165, 1.54) is 49.1 Å². The number of nitrogens with one attached hydrogen (secondary N) is 2. The molecule has 0 aliphatic rings. The number of benzene rings is 3. The SMILES string of the molecule is N#Cc1cnc(N[C@H](CC(=O)O)c2ccc(-c3cn(S(=O)(=O)c4ccccc4)c4ncnc(N)c34)cc2)c(C(=O)NCCc2ccc(F)cc2)c1. The summed E-state index contributed by atoms with van der Waals surface area (Å²) in [5.41, 5.74) is 8.78. The van der Waals surface area contributed by atoms with Crippen molar-refractivity contribution in [2.45, 2.75) is 23.8 Å². The fourth-order valence-corrected chi connectivity index (χ4v) is 6.87. The zero-order valence-electron chi connectivity index (χ0n) is 26.7. The smallest absolute Gasteiger partial charge is 0.305 e. The first-order chi connectivity index (χ1) is 24.5. The summed E-state index contributed by atoms with van der Waals surface area (Å²) in [6.45, 7) is 0.208. The average Bonchev–Trinajstić information content (AvgIpc) is 3.54. The molecule has 0 saturated heterocycles. The number of aromatic nitrogens is 4. The zero-order chi connectivity index (χ0) is 36.1. The fourth-order valence-electron chi connectivity index (χ4n) is 5.53. The first kappa shape index (κ1) is 34.2. The van der Waals surface area contributed by atoms with E-state index in [0.717, 1.165) is 9.54 Å². The highest BCUT2D eigenvalue weighted by atomic mass is 32.2. The number of carboxylic acids is 1. The maximum atomic E-state index is 13.6. The van der Waals surface area contributed by atoms with E-state index in [1.54, 1.807) is 54.6 Å². The topological polar surface area (TPSA) is 206 Å². The van der Waals surface area contributed by atoms with Crippen LogP contribution in [-0.2, 0) is 21.2 Å². The second kappa shape index (κ2) is 14.4. The Morgan fingerprint density at radius 2 is 1.73 bits per heavy atom. The molecule has 51 heavy (non-hydrogen) atoms. The molecule has 3 heterocycles. The summed E-state index contributed by atoms with van der Waals surface area (Å²) in [7, 11) is -4.06. The van der Waals surface area contributed by atoms with Gasteiger partial charge in [0.05, 0.1) is 33.9 Å². The molecular weight excluding hydrogens is 676 g/mol. The molecule has 0 radical (unpaired) electrons. The molecule has 15 heteroatoms. The van der Waals surface area contributed by atoms with Crippen molar-refractivity contribution in [3.05, 3.63) is 132 Å². The van der Waals surface area contributed by atoms with Crippen molar-refractivity contribution in [3.63, 3.8) is 0 Å². The number of rotatable bonds is 12. The van der Waals surface area contributed by atoms with Gasteiger partial charge in [-0.15, -0.1) is 0 Å². The zero-order valence-corrected chi connectivity index (χ0v) is 27.5. The molecule has 0 unspecified atom stereocenters. The summed E-state index contributed by atoms with van der Waals surface area (Å²) in [4.78, 5) is 37.9. The molecular formula is C36H29FN8O5S. The quantitative estimate of drug-likeness (QED) is 0.134. The summed E-state index contributed by atoms with van der Waals surface area (Å²) in [6.07, 6.45) is 3.89. The first-order valence-corrected chi connectivity index (χ1v) is 16.9. The second-order valence-corrected chi connectivity index (χ2v) is 13.2. The van der Waals surface area contributed by atoms with Gasteiger partial charge in [0.25, 0.3) is 15.9 Å². The third-order valence-electron chi connectivity index (χ3n) is 8.07. The lowest BCUT2D eigenvalue weighted by Gasteiger charge is -2.20. The highest BCUT2D eigenvalue weighted by Crippen LogP contribution is 2.35. The highest BCUT2D eigenvalue weighted by Gasteiger charge is 2.25. The molecule has 3 aromatic heterocycles. The number of nitrogens with zero attached hydrogens (tertiary/aromatic N) is 5. The van der Waals surface area contributed by atoms with Gasteiger partial charge in [0.2, 0.25) is 0 Å². The van der Waals surface area contributed by atoms with Crippen LogP contribution in [0.1, 0.15) is 39.5 Å². The Hall–Kier alpha value is -6.66. The molecule has 0 bridgehead atoms. The van der Waals surface area contributed by atoms with Crippen LogP contribution in [0, 0.1) is 17.1 Å². The Morgan fingerprint density at radius 1 is 1.00 bits per heavy atom. The van der Waals surface area contributed by atoms with Gasteiger partial charge in [-0.3, -0.25) is 9.59 Å². The molecule has 6 aromatic rings. The predicted molar refractivity (Wildman–Crippen MR) is 186 cm³/mol. The van der Waals surface area contributed by atoms with Gasteiger partial charge in [-0.25, -0.2) is 31.7 Å². The fraction of sp³-hybridized carbons (Fsp3) is 0.111. The summed E-state index contributed by atoms with van der Waals surface area (Å²) in [6, 6.07) is 22.9. The van der Waals surface area contributed by atoms with Crippen LogP contribution in [0.5, 0.6) is 0 Å². The van der Waals surface area contributed by atoms with E-state index < -0.39 is 34.4 Å². The van der Waals surface area contributed by atoms with E-state index in [2.05, 4.69) is 25.6 Å². The van der Waals surface area contributed by atoms with Crippen molar-refractivity contribution in [1.29, 1.82) is 5.26 Å². The lowest BCUT2D eigenvalue weighted by molar-refractivity contribution is -0.137. The summed E-state index contributed by atoms with van der Waals surface area (Å²) in [5, 5.41) is 25.4. The number of fused-ring (bicyclic) bond motifs is 1. The number of halogens is 1. The Morgan fingerprint density at radius 3 is 2.41 bits per heavy atom. The second-order valence-electron chi connectivity index (χ2n) is 11.4. The maximum absolute atomic E-state index is 13.6. The number of carbonyl (C=O) groups excluding carboxylic acids is 1. The first-order valence-electron chi connectivity index (χ1n) is 15.5. The molecule has 0 aliphatic carbocycles. The number of aliphatic carboxylic acids is 1. The van der Waals surface area contributed by atoms with E-state index in [1.807, 2.05) is 6.07 Å². The highest BCUT2D eigenvalue weighted by molar-refractivity contribution is 7.90. The number of hydrogen-bond acceptors (Lipinski definition) is 10. The lowest BCUT2D eigenvalue weighted by Crippen LogP contribution is -2.27. The number of nitriles is 1. The Bertz CT molecular complexity index is 2400. The summed E-state index contributed by atoms with van der Waals surface area (Å²) >= 11 is 0. The van der Waals surface area contributed by atoms with E-state index in [9.17, 15) is 32.8 Å². The van der Waals surface area contributed by atoms with Crippen LogP contribution in [0.4, 0.5) is 16.0 Å². The van der Waals surface area contributed by atoms with Gasteiger partial charge >= 0.3 is 5.97 Å². The minimum atomic E-state index is -4.06. The molecule has 13 nitrogen and oxygen atoms in total. The van der Waals surface area contributed by atoms with Gasteiger partial charge in [0.1, 0.15) is 29.8 Å². The number of anilines is 2. The maximum Gasteiger partial charge on any atom is 0.305 e. The predicted octanol–water partition coefficient (Wildman–Crippen LogP) is 4.92. The molecule has 6 rings (SSSR count). The van der Waals surface area contributed by atoms with E-state index in [-0.39, 0.29) is 45.7 Å². The minimum absolute atomic E-state index is 0.0306. The van der Waals surface area contributed by atoms with Gasteiger partial charge in [0, 0.05) is 24.5 Å². The van der Waals surface area contributed by atoms with Gasteiger partial charge in [-0.1, -0.05) is 54.6 Å². The Kier molecular flexibility index (Phi) is 9.69. The van der Waals surface area contributed by atoms with Gasteiger partial charge in [0.15, 0.2) is 5.65 Å². The molecule has 1 amide bonds. The van der Waals surface area contributed by atoms with Crippen molar-refractivity contribution in [3.8, 4) is 17.2 Å². The van der Waals surface area contributed by atoms with Crippen molar-refractivity contribution in [1.82, 2.24) is 24.2 Å². The molecule has 5 N–H and O–H groups in total. The van der Waals surface area contributed by atoms with Crippen molar-refractivity contribution < 1.29 is 27.5 Å². The molecule has 0 saturated carbocycles. The third-order valence-corrected chi connectivity index (χ3v) is 9.73. The normalized spacial score (nSPS) is 11.8. The Balaban J connectivity index is 1.30. The number of pyridine rings is 1. The number of nitrogen functional groups attached to an aromatic ring is 1. The summed E-state index contributed by atoms with van der Waals surface area (Å²) < 4.78 is 41.5. The van der Waals surface area contributed by atoms with Crippen molar-refractivity contribution in [2.75, 3.05) is 17.6 Å².